The highest BCUT2D eigenvalue weighted by atomic mass is 19.4. The predicted molar refractivity (Wildman–Crippen MR) is 70.4 cm³/mol. The van der Waals surface area contributed by atoms with E-state index in [9.17, 15) is 40.3 Å². The first-order valence-electron chi connectivity index (χ1n) is 6.93. The van der Waals surface area contributed by atoms with Gasteiger partial charge in [0.2, 0.25) is 0 Å². The number of carbonyl (C=O) groups is 2. The molecule has 0 aromatic carbocycles. The number of nitrogens with one attached hydrogen (secondary N) is 1. The van der Waals surface area contributed by atoms with Gasteiger partial charge in [0, 0.05) is 6.42 Å². The summed E-state index contributed by atoms with van der Waals surface area (Å²) in [6.07, 6.45) is -10.4. The minimum absolute atomic E-state index is 0.262. The van der Waals surface area contributed by atoms with Crippen molar-refractivity contribution >= 4 is 12.1 Å². The van der Waals surface area contributed by atoms with E-state index in [1.807, 2.05) is 0 Å². The number of hydrogen-bond donors (Lipinski definition) is 1. The molecule has 0 spiro atoms. The first-order valence-corrected chi connectivity index (χ1v) is 6.93. The van der Waals surface area contributed by atoms with Crippen molar-refractivity contribution in [3.63, 3.8) is 0 Å². The number of ether oxygens (including phenoxy) is 2. The summed E-state index contributed by atoms with van der Waals surface area (Å²) in [5.41, 5.74) is -1.27. The second-order valence-corrected chi connectivity index (χ2v) is 5.93. The number of amides is 1. The van der Waals surface area contributed by atoms with E-state index in [-0.39, 0.29) is 6.61 Å². The summed E-state index contributed by atoms with van der Waals surface area (Å²) in [5, 5.41) is 1.50. The van der Waals surface area contributed by atoms with Crippen LogP contribution in [0, 0.1) is 0 Å². The zero-order valence-electron chi connectivity index (χ0n) is 13.8. The molecule has 5 nitrogen and oxygen atoms in total. The Morgan fingerprint density at radius 3 is 1.84 bits per heavy atom. The Labute approximate surface area is 138 Å². The van der Waals surface area contributed by atoms with Gasteiger partial charge < -0.3 is 14.8 Å². The lowest BCUT2D eigenvalue weighted by Crippen LogP contribution is -2.56. The number of halogens is 7. The molecular weight excluding hydrogens is 367 g/mol. The first kappa shape index (κ1) is 23.2. The molecule has 0 rings (SSSR count). The largest absolute Gasteiger partial charge is 0.459 e. The smallest absolute Gasteiger partial charge is 0.458 e. The summed E-state index contributed by atoms with van der Waals surface area (Å²) in [5.74, 6) is -13.7. The Balaban J connectivity index is 5.54. The molecule has 12 heteroatoms. The second kappa shape index (κ2) is 7.65. The standard InChI is InChI=1S/C13H18F7NO4/c1-5-24-9(23)21-7(8(22)25-10(2,3)4)6-11(14,15)12(16,17)13(18,19)20/h7H,5-6H2,1-4H3,(H,21,23). The lowest BCUT2D eigenvalue weighted by molar-refractivity contribution is -0.356. The molecule has 0 aliphatic rings. The number of alkyl carbamates (subject to hydrolysis) is 1. The average Bonchev–Trinajstić information content (AvgIpc) is 2.34. The molecule has 0 heterocycles. The van der Waals surface area contributed by atoms with Gasteiger partial charge in [-0.3, -0.25) is 0 Å². The molecule has 1 unspecified atom stereocenters. The molecule has 148 valence electrons. The van der Waals surface area contributed by atoms with Gasteiger partial charge in [0.1, 0.15) is 11.6 Å². The van der Waals surface area contributed by atoms with E-state index in [2.05, 4.69) is 9.47 Å². The summed E-state index contributed by atoms with van der Waals surface area (Å²) in [4.78, 5) is 23.1. The van der Waals surface area contributed by atoms with E-state index < -0.39 is 48.1 Å². The Kier molecular flexibility index (Phi) is 7.11. The number of alkyl halides is 7. The summed E-state index contributed by atoms with van der Waals surface area (Å²) in [6, 6.07) is -2.48. The van der Waals surface area contributed by atoms with Crippen LogP contribution in [-0.2, 0) is 14.3 Å². The van der Waals surface area contributed by atoms with Gasteiger partial charge in [-0.05, 0) is 27.7 Å². The van der Waals surface area contributed by atoms with Crippen LogP contribution in [0.15, 0.2) is 0 Å². The maximum Gasteiger partial charge on any atom is 0.459 e. The molecule has 0 aliphatic carbocycles. The SMILES string of the molecule is CCOC(=O)NC(CC(F)(F)C(F)(F)C(F)(F)F)C(=O)OC(C)(C)C. The zero-order valence-corrected chi connectivity index (χ0v) is 13.8. The van der Waals surface area contributed by atoms with Crippen molar-refractivity contribution in [1.29, 1.82) is 0 Å². The zero-order chi connectivity index (χ0) is 20.3. The van der Waals surface area contributed by atoms with Gasteiger partial charge in [0.25, 0.3) is 0 Å². The van der Waals surface area contributed by atoms with E-state index in [0.29, 0.717) is 0 Å². The maximum atomic E-state index is 13.5. The number of carbonyl (C=O) groups excluding carboxylic acids is 2. The van der Waals surface area contributed by atoms with E-state index in [4.69, 9.17) is 0 Å². The Bertz CT molecular complexity index is 486. The van der Waals surface area contributed by atoms with Crippen LogP contribution < -0.4 is 5.32 Å². The van der Waals surface area contributed by atoms with Gasteiger partial charge in [-0.25, -0.2) is 9.59 Å². The van der Waals surface area contributed by atoms with Crippen molar-refractivity contribution in [1.82, 2.24) is 5.32 Å². The Hall–Kier alpha value is -1.75. The van der Waals surface area contributed by atoms with Crippen molar-refractivity contribution in [2.24, 2.45) is 0 Å². The summed E-state index contributed by atoms with van der Waals surface area (Å²) in [6.45, 7) is 4.95. The average molecular weight is 385 g/mol. The molecule has 1 atom stereocenters. The third-order valence-electron chi connectivity index (χ3n) is 2.53. The van der Waals surface area contributed by atoms with E-state index in [0.717, 1.165) is 0 Å². The summed E-state index contributed by atoms with van der Waals surface area (Å²) < 4.78 is 98.5. The van der Waals surface area contributed by atoms with Crippen LogP contribution in [0.5, 0.6) is 0 Å². The van der Waals surface area contributed by atoms with Crippen molar-refractivity contribution in [3.8, 4) is 0 Å². The highest BCUT2D eigenvalue weighted by Gasteiger charge is 2.73. The highest BCUT2D eigenvalue weighted by Crippen LogP contribution is 2.48. The number of hydrogen-bond acceptors (Lipinski definition) is 4. The molecular formula is C13H18F7NO4. The monoisotopic (exact) mass is 385 g/mol. The lowest BCUT2D eigenvalue weighted by Gasteiger charge is -2.31. The quantitative estimate of drug-likeness (QED) is 0.560. The molecule has 1 amide bonds. The molecule has 25 heavy (non-hydrogen) atoms. The molecule has 0 aromatic rings. The van der Waals surface area contributed by atoms with Crippen LogP contribution in [0.25, 0.3) is 0 Å². The topological polar surface area (TPSA) is 64.6 Å². The van der Waals surface area contributed by atoms with Crippen LogP contribution in [0.2, 0.25) is 0 Å². The summed E-state index contributed by atoms with van der Waals surface area (Å²) in [7, 11) is 0. The normalized spacial score (nSPS) is 14.7. The van der Waals surface area contributed by atoms with Gasteiger partial charge in [0.15, 0.2) is 0 Å². The Morgan fingerprint density at radius 1 is 1.00 bits per heavy atom. The van der Waals surface area contributed by atoms with Gasteiger partial charge in [0.05, 0.1) is 6.61 Å². The fraction of sp³-hybridized carbons (Fsp3) is 0.846. The van der Waals surface area contributed by atoms with Crippen molar-refractivity contribution in [2.45, 2.75) is 63.8 Å². The van der Waals surface area contributed by atoms with Gasteiger partial charge in [-0.15, -0.1) is 0 Å². The second-order valence-electron chi connectivity index (χ2n) is 5.93. The van der Waals surface area contributed by atoms with Crippen molar-refractivity contribution in [2.75, 3.05) is 6.61 Å². The van der Waals surface area contributed by atoms with E-state index in [1.165, 1.54) is 33.0 Å². The Morgan fingerprint density at radius 2 is 1.48 bits per heavy atom. The number of esters is 1. The molecule has 0 radical (unpaired) electrons. The molecule has 0 saturated carbocycles. The molecule has 0 aromatic heterocycles. The maximum absolute atomic E-state index is 13.5. The van der Waals surface area contributed by atoms with E-state index >= 15 is 0 Å². The minimum atomic E-state index is -6.56. The molecule has 0 bridgehead atoms. The molecule has 1 N–H and O–H groups in total. The van der Waals surface area contributed by atoms with Crippen LogP contribution in [0.1, 0.15) is 34.1 Å². The third kappa shape index (κ3) is 6.58. The van der Waals surface area contributed by atoms with E-state index in [1.54, 1.807) is 0 Å². The van der Waals surface area contributed by atoms with Crippen LogP contribution in [0.4, 0.5) is 35.5 Å². The molecule has 0 saturated heterocycles. The first-order chi connectivity index (χ1) is 10.9. The van der Waals surface area contributed by atoms with Crippen molar-refractivity contribution < 1.29 is 49.8 Å². The fourth-order valence-corrected chi connectivity index (χ4v) is 1.47. The van der Waals surface area contributed by atoms with Gasteiger partial charge >= 0.3 is 30.1 Å². The summed E-state index contributed by atoms with van der Waals surface area (Å²) >= 11 is 0. The molecule has 0 aliphatic heterocycles. The van der Waals surface area contributed by atoms with Crippen LogP contribution >= 0.6 is 0 Å². The lowest BCUT2D eigenvalue weighted by atomic mass is 10.0. The highest BCUT2D eigenvalue weighted by molar-refractivity contribution is 5.81. The van der Waals surface area contributed by atoms with Crippen LogP contribution in [0.3, 0.4) is 0 Å². The molecule has 0 fully saturated rings. The minimum Gasteiger partial charge on any atom is -0.458 e. The van der Waals surface area contributed by atoms with Gasteiger partial charge in [-0.2, -0.15) is 30.7 Å². The van der Waals surface area contributed by atoms with Crippen molar-refractivity contribution in [3.05, 3.63) is 0 Å². The third-order valence-corrected chi connectivity index (χ3v) is 2.53. The van der Waals surface area contributed by atoms with Gasteiger partial charge in [-0.1, -0.05) is 0 Å². The van der Waals surface area contributed by atoms with Crippen LogP contribution in [-0.4, -0.2) is 48.3 Å². The predicted octanol–water partition coefficient (Wildman–Crippen LogP) is 3.67. The fourth-order valence-electron chi connectivity index (χ4n) is 1.47. The number of rotatable bonds is 6.